The van der Waals surface area contributed by atoms with Crippen LogP contribution in [0.1, 0.15) is 10.4 Å². The lowest BCUT2D eigenvalue weighted by molar-refractivity contribution is 0.215. The summed E-state index contributed by atoms with van der Waals surface area (Å²) in [6.45, 7) is 0.222. The number of carbonyl (C=O) groups is 1. The van der Waals surface area contributed by atoms with Gasteiger partial charge in [-0.15, -0.1) is 11.3 Å². The fourth-order valence-corrected chi connectivity index (χ4v) is 2.96. The molecule has 118 valence electrons. The number of amides is 2. The van der Waals surface area contributed by atoms with Crippen molar-refractivity contribution >= 4 is 29.0 Å². The number of carbonyl (C=O) groups excluding carboxylic acids is 1. The summed E-state index contributed by atoms with van der Waals surface area (Å²) in [4.78, 5) is 12.8. The first-order valence-electron chi connectivity index (χ1n) is 6.74. The minimum atomic E-state index is -0.392. The van der Waals surface area contributed by atoms with E-state index in [1.807, 2.05) is 6.07 Å². The van der Waals surface area contributed by atoms with E-state index >= 15 is 0 Å². The zero-order valence-electron chi connectivity index (χ0n) is 11.8. The summed E-state index contributed by atoms with van der Waals surface area (Å²) >= 11 is 7.23. The molecule has 0 fully saturated rings. The maximum Gasteiger partial charge on any atom is 0.315 e. The second kappa shape index (κ2) is 8.03. The van der Waals surface area contributed by atoms with Gasteiger partial charge in [-0.25, -0.2) is 4.79 Å². The van der Waals surface area contributed by atoms with E-state index in [1.165, 1.54) is 11.3 Å². The average Bonchev–Trinajstić information content (AvgIpc) is 2.92. The topological polar surface area (TPSA) is 81.6 Å². The van der Waals surface area contributed by atoms with E-state index in [9.17, 15) is 15.0 Å². The van der Waals surface area contributed by atoms with E-state index in [4.69, 9.17) is 11.6 Å². The van der Waals surface area contributed by atoms with Gasteiger partial charge in [0.25, 0.3) is 0 Å². The monoisotopic (exact) mass is 340 g/mol. The van der Waals surface area contributed by atoms with Crippen LogP contribution in [0.2, 0.25) is 4.34 Å². The van der Waals surface area contributed by atoms with Gasteiger partial charge in [0.2, 0.25) is 0 Å². The number of hydrogen-bond donors (Lipinski definition) is 4. The Morgan fingerprint density at radius 2 is 1.95 bits per heavy atom. The molecule has 1 atom stereocenters. The molecule has 1 aromatic heterocycles. The van der Waals surface area contributed by atoms with Crippen molar-refractivity contribution in [1.82, 2.24) is 10.6 Å². The number of aliphatic hydroxyl groups is 1. The number of thiophene rings is 1. The van der Waals surface area contributed by atoms with Crippen LogP contribution < -0.4 is 10.6 Å². The zero-order valence-corrected chi connectivity index (χ0v) is 13.3. The number of aromatic hydroxyl groups is 1. The Kier molecular flexibility index (Phi) is 6.06. The summed E-state index contributed by atoms with van der Waals surface area (Å²) in [6, 6.07) is 9.56. The lowest BCUT2D eigenvalue weighted by Gasteiger charge is -2.17. The van der Waals surface area contributed by atoms with Crippen molar-refractivity contribution in [2.24, 2.45) is 0 Å². The average molecular weight is 341 g/mol. The molecule has 0 spiro atoms. The van der Waals surface area contributed by atoms with Crippen LogP contribution in [0.25, 0.3) is 0 Å². The Morgan fingerprint density at radius 3 is 2.55 bits per heavy atom. The normalized spacial score (nSPS) is 11.9. The molecule has 0 aliphatic heterocycles. The number of phenols is 1. The van der Waals surface area contributed by atoms with Crippen LogP contribution >= 0.6 is 22.9 Å². The Labute approximate surface area is 137 Å². The van der Waals surface area contributed by atoms with Crippen LogP contribution in [0.3, 0.4) is 0 Å². The first-order chi connectivity index (χ1) is 10.6. The van der Waals surface area contributed by atoms with Crippen LogP contribution in [0.5, 0.6) is 5.75 Å². The second-order valence-corrected chi connectivity index (χ2v) is 6.58. The van der Waals surface area contributed by atoms with Crippen molar-refractivity contribution in [3.05, 3.63) is 51.2 Å². The summed E-state index contributed by atoms with van der Waals surface area (Å²) in [6.07, 6.45) is 0.481. The minimum Gasteiger partial charge on any atom is -0.508 e. The standard InChI is InChI=1S/C15H17ClN2O3S/c16-14-6-5-13(22-14)8-17-15(21)18-11(9-19)7-10-1-3-12(20)4-2-10/h1-6,11,19-20H,7-9H2,(H2,17,18,21)/t11-/m1/s1. The maximum atomic E-state index is 11.8. The molecule has 2 amide bonds. The highest BCUT2D eigenvalue weighted by Gasteiger charge is 2.12. The summed E-state index contributed by atoms with van der Waals surface area (Å²) in [7, 11) is 0. The first kappa shape index (κ1) is 16.6. The van der Waals surface area contributed by atoms with Crippen LogP contribution in [-0.4, -0.2) is 28.9 Å². The molecule has 0 aliphatic carbocycles. The van der Waals surface area contributed by atoms with Crippen LogP contribution in [0, 0.1) is 0 Å². The fourth-order valence-electron chi connectivity index (χ4n) is 1.93. The highest BCUT2D eigenvalue weighted by atomic mass is 35.5. The summed E-state index contributed by atoms with van der Waals surface area (Å²) in [5, 5.41) is 24.0. The third kappa shape index (κ3) is 5.22. The van der Waals surface area contributed by atoms with Gasteiger partial charge in [0.15, 0.2) is 0 Å². The highest BCUT2D eigenvalue weighted by Crippen LogP contribution is 2.20. The molecule has 1 heterocycles. The molecular formula is C15H17ClN2O3S. The highest BCUT2D eigenvalue weighted by molar-refractivity contribution is 7.16. The van der Waals surface area contributed by atoms with Crippen LogP contribution in [0.15, 0.2) is 36.4 Å². The molecule has 0 radical (unpaired) electrons. The fraction of sp³-hybridized carbons (Fsp3) is 0.267. The van der Waals surface area contributed by atoms with Gasteiger partial charge in [-0.1, -0.05) is 23.7 Å². The molecule has 7 heteroatoms. The predicted octanol–water partition coefficient (Wildman–Crippen LogP) is 2.51. The van der Waals surface area contributed by atoms with Crippen LogP contribution in [0.4, 0.5) is 4.79 Å². The molecular weight excluding hydrogens is 324 g/mol. The second-order valence-electron chi connectivity index (χ2n) is 4.78. The van der Waals surface area contributed by atoms with Crippen molar-refractivity contribution in [1.29, 1.82) is 0 Å². The van der Waals surface area contributed by atoms with E-state index in [0.717, 1.165) is 10.4 Å². The Hall–Kier alpha value is -1.76. The van der Waals surface area contributed by atoms with Gasteiger partial charge in [0, 0.05) is 4.88 Å². The molecule has 0 saturated carbocycles. The Balaban J connectivity index is 1.81. The third-order valence-corrected chi connectivity index (χ3v) is 4.26. The third-order valence-electron chi connectivity index (χ3n) is 3.03. The van der Waals surface area contributed by atoms with Crippen LogP contribution in [-0.2, 0) is 13.0 Å². The molecule has 0 aliphatic rings. The number of phenolic OH excluding ortho intramolecular Hbond substituents is 1. The molecule has 4 N–H and O–H groups in total. The van der Waals surface area contributed by atoms with Crippen molar-refractivity contribution in [3.63, 3.8) is 0 Å². The van der Waals surface area contributed by atoms with Gasteiger partial charge in [-0.2, -0.15) is 0 Å². The van der Waals surface area contributed by atoms with Crippen molar-refractivity contribution < 1.29 is 15.0 Å². The number of nitrogens with one attached hydrogen (secondary N) is 2. The lowest BCUT2D eigenvalue weighted by atomic mass is 10.1. The Morgan fingerprint density at radius 1 is 1.23 bits per heavy atom. The smallest absolute Gasteiger partial charge is 0.315 e. The number of hydrogen-bond acceptors (Lipinski definition) is 4. The largest absolute Gasteiger partial charge is 0.508 e. The lowest BCUT2D eigenvalue weighted by Crippen LogP contribution is -2.44. The summed E-state index contributed by atoms with van der Waals surface area (Å²) in [5.41, 5.74) is 0.919. The number of urea groups is 1. The quantitative estimate of drug-likeness (QED) is 0.652. The van der Waals surface area contributed by atoms with Crippen molar-refractivity contribution in [2.45, 2.75) is 19.0 Å². The summed E-state index contributed by atoms with van der Waals surface area (Å²) in [5.74, 6) is 0.185. The van der Waals surface area contributed by atoms with Gasteiger partial charge >= 0.3 is 6.03 Å². The molecule has 2 aromatic rings. The Bertz CT molecular complexity index is 616. The van der Waals surface area contributed by atoms with Crippen molar-refractivity contribution in [3.8, 4) is 5.75 Å². The van der Waals surface area contributed by atoms with E-state index in [-0.39, 0.29) is 18.4 Å². The molecule has 0 unspecified atom stereocenters. The number of aliphatic hydroxyl groups excluding tert-OH is 1. The number of benzene rings is 1. The van der Waals surface area contributed by atoms with Gasteiger partial charge in [-0.3, -0.25) is 0 Å². The van der Waals surface area contributed by atoms with Gasteiger partial charge in [0.05, 0.1) is 23.5 Å². The van der Waals surface area contributed by atoms with E-state index in [2.05, 4.69) is 10.6 Å². The predicted molar refractivity (Wildman–Crippen MR) is 87.4 cm³/mol. The van der Waals surface area contributed by atoms with Gasteiger partial charge < -0.3 is 20.8 Å². The van der Waals surface area contributed by atoms with E-state index in [1.54, 1.807) is 30.3 Å². The molecule has 2 rings (SSSR count). The molecule has 5 nitrogen and oxygen atoms in total. The van der Waals surface area contributed by atoms with Gasteiger partial charge in [0.1, 0.15) is 5.75 Å². The van der Waals surface area contributed by atoms with Gasteiger partial charge in [-0.05, 0) is 36.2 Å². The first-order valence-corrected chi connectivity index (χ1v) is 7.93. The van der Waals surface area contributed by atoms with Crippen molar-refractivity contribution in [2.75, 3.05) is 6.61 Å². The van der Waals surface area contributed by atoms with E-state index < -0.39 is 6.04 Å². The zero-order chi connectivity index (χ0) is 15.9. The summed E-state index contributed by atoms with van der Waals surface area (Å²) < 4.78 is 0.678. The number of halogens is 1. The molecule has 0 saturated heterocycles. The number of rotatable bonds is 6. The van der Waals surface area contributed by atoms with E-state index in [0.29, 0.717) is 17.3 Å². The minimum absolute atomic E-state index is 0.168. The molecule has 1 aromatic carbocycles. The maximum absolute atomic E-state index is 11.8. The molecule has 22 heavy (non-hydrogen) atoms. The SMILES string of the molecule is O=C(NCc1ccc(Cl)s1)N[C@@H](CO)Cc1ccc(O)cc1. The molecule has 0 bridgehead atoms.